The van der Waals surface area contributed by atoms with Crippen LogP contribution in [0, 0.1) is 0 Å². The predicted molar refractivity (Wildman–Crippen MR) is 102 cm³/mol. The number of ether oxygens (including phenoxy) is 1. The molecular formula is C22H16F6N2O2. The van der Waals surface area contributed by atoms with Crippen molar-refractivity contribution in [3.05, 3.63) is 88.9 Å². The van der Waals surface area contributed by atoms with Gasteiger partial charge < -0.3 is 4.74 Å². The maximum Gasteiger partial charge on any atom is 0.418 e. The zero-order valence-electron chi connectivity index (χ0n) is 16.5. The number of ketones is 1. The third kappa shape index (κ3) is 5.24. The maximum atomic E-state index is 13.6. The molecule has 0 aliphatic rings. The van der Waals surface area contributed by atoms with Gasteiger partial charge in [-0.2, -0.15) is 26.3 Å². The Bertz CT molecular complexity index is 1080. The smallest absolute Gasteiger partial charge is 0.418 e. The largest absolute Gasteiger partial charge is 0.481 e. The van der Waals surface area contributed by atoms with E-state index in [1.54, 1.807) is 0 Å². The standard InChI is InChI=1S/C22H16F6N2O2/c1-32-19-9-6-14(12-30-19)18(31)11-16(13-4-7-15(8-5-13)21(23,24)25)20-17(22(26,27)28)3-2-10-29-20/h2-10,12,16H,11H2,1H3/t16-/m0/s1. The molecule has 0 aliphatic heterocycles. The number of carbonyl (C=O) groups excluding carboxylic acids is 1. The summed E-state index contributed by atoms with van der Waals surface area (Å²) in [4.78, 5) is 20.6. The van der Waals surface area contributed by atoms with Crippen LogP contribution in [-0.4, -0.2) is 22.9 Å². The molecule has 0 fully saturated rings. The second kappa shape index (κ2) is 8.97. The predicted octanol–water partition coefficient (Wildman–Crippen LogP) is 5.93. The van der Waals surface area contributed by atoms with Gasteiger partial charge in [-0.25, -0.2) is 4.98 Å². The SMILES string of the molecule is COc1ccc(C(=O)C[C@@H](c2ccc(C(F)(F)F)cc2)c2ncccc2C(F)(F)F)cn1. The number of methoxy groups -OCH3 is 1. The Morgan fingerprint density at radius 1 is 0.938 bits per heavy atom. The molecule has 1 aromatic carbocycles. The molecule has 0 spiro atoms. The van der Waals surface area contributed by atoms with Crippen molar-refractivity contribution in [2.45, 2.75) is 24.7 Å². The van der Waals surface area contributed by atoms with Gasteiger partial charge >= 0.3 is 12.4 Å². The van der Waals surface area contributed by atoms with E-state index >= 15 is 0 Å². The van der Waals surface area contributed by atoms with Gasteiger partial charge in [0.2, 0.25) is 5.88 Å². The molecule has 32 heavy (non-hydrogen) atoms. The minimum absolute atomic E-state index is 0.0945. The van der Waals surface area contributed by atoms with Crippen molar-refractivity contribution in [2.24, 2.45) is 0 Å². The third-order valence-electron chi connectivity index (χ3n) is 4.77. The average Bonchev–Trinajstić information content (AvgIpc) is 2.76. The van der Waals surface area contributed by atoms with E-state index in [1.165, 1.54) is 25.4 Å². The van der Waals surface area contributed by atoms with Gasteiger partial charge in [0.1, 0.15) is 0 Å². The Kier molecular flexibility index (Phi) is 6.52. The zero-order chi connectivity index (χ0) is 23.5. The topological polar surface area (TPSA) is 52.1 Å². The van der Waals surface area contributed by atoms with Crippen molar-refractivity contribution in [3.8, 4) is 5.88 Å². The first kappa shape index (κ1) is 23.2. The first-order chi connectivity index (χ1) is 15.0. The molecular weight excluding hydrogens is 438 g/mol. The van der Waals surface area contributed by atoms with Gasteiger partial charge in [0.15, 0.2) is 5.78 Å². The van der Waals surface area contributed by atoms with Crippen molar-refractivity contribution in [1.29, 1.82) is 0 Å². The Labute approximate surface area is 178 Å². The molecule has 10 heteroatoms. The summed E-state index contributed by atoms with van der Waals surface area (Å²) in [6.45, 7) is 0. The van der Waals surface area contributed by atoms with E-state index in [9.17, 15) is 31.1 Å². The fourth-order valence-corrected chi connectivity index (χ4v) is 3.18. The summed E-state index contributed by atoms with van der Waals surface area (Å²) < 4.78 is 84.5. The second-order valence-corrected chi connectivity index (χ2v) is 6.82. The molecule has 0 saturated carbocycles. The lowest BCUT2D eigenvalue weighted by Gasteiger charge is -2.21. The molecule has 0 amide bonds. The summed E-state index contributed by atoms with van der Waals surface area (Å²) in [6.07, 6.45) is -7.48. The summed E-state index contributed by atoms with van der Waals surface area (Å²) in [6, 6.07) is 8.38. The highest BCUT2D eigenvalue weighted by atomic mass is 19.4. The number of aromatic nitrogens is 2. The number of hydrogen-bond acceptors (Lipinski definition) is 4. The van der Waals surface area contributed by atoms with Crippen LogP contribution < -0.4 is 4.74 Å². The zero-order valence-corrected chi connectivity index (χ0v) is 16.5. The van der Waals surface area contributed by atoms with Gasteiger partial charge in [-0.05, 0) is 35.9 Å². The highest BCUT2D eigenvalue weighted by molar-refractivity contribution is 5.96. The summed E-state index contributed by atoms with van der Waals surface area (Å²) in [5, 5.41) is 0. The molecule has 0 saturated heterocycles. The van der Waals surface area contributed by atoms with Crippen molar-refractivity contribution in [2.75, 3.05) is 7.11 Å². The number of Topliss-reactive ketones (excluding diaryl/α,β-unsaturated/α-hetero) is 1. The Morgan fingerprint density at radius 3 is 2.16 bits per heavy atom. The van der Waals surface area contributed by atoms with E-state index in [4.69, 9.17) is 4.74 Å². The third-order valence-corrected chi connectivity index (χ3v) is 4.77. The van der Waals surface area contributed by atoms with Gasteiger partial charge in [0.25, 0.3) is 0 Å². The van der Waals surface area contributed by atoms with E-state index in [-0.39, 0.29) is 17.0 Å². The first-order valence-corrected chi connectivity index (χ1v) is 9.23. The van der Waals surface area contributed by atoms with Crippen LogP contribution in [-0.2, 0) is 12.4 Å². The van der Waals surface area contributed by atoms with Crippen LogP contribution in [0.3, 0.4) is 0 Å². The van der Waals surface area contributed by atoms with Crippen LogP contribution in [0.1, 0.15) is 45.1 Å². The number of pyridine rings is 2. The molecule has 0 radical (unpaired) electrons. The average molecular weight is 454 g/mol. The van der Waals surface area contributed by atoms with Crippen LogP contribution in [0.15, 0.2) is 60.9 Å². The van der Waals surface area contributed by atoms with E-state index in [1.807, 2.05) is 0 Å². The monoisotopic (exact) mass is 454 g/mol. The van der Waals surface area contributed by atoms with E-state index in [0.29, 0.717) is 0 Å². The molecule has 0 aliphatic carbocycles. The second-order valence-electron chi connectivity index (χ2n) is 6.82. The molecule has 0 unspecified atom stereocenters. The quantitative estimate of drug-likeness (QED) is 0.342. The van der Waals surface area contributed by atoms with E-state index < -0.39 is 47.3 Å². The maximum absolute atomic E-state index is 13.6. The van der Waals surface area contributed by atoms with Gasteiger partial charge in [-0.3, -0.25) is 9.78 Å². The molecule has 0 bridgehead atoms. The Balaban J connectivity index is 2.05. The van der Waals surface area contributed by atoms with Gasteiger partial charge in [0.05, 0.1) is 23.9 Å². The number of nitrogens with zero attached hydrogens (tertiary/aromatic N) is 2. The van der Waals surface area contributed by atoms with Gasteiger partial charge in [-0.1, -0.05) is 12.1 Å². The summed E-state index contributed by atoms with van der Waals surface area (Å²) >= 11 is 0. The van der Waals surface area contributed by atoms with E-state index in [2.05, 4.69) is 9.97 Å². The lowest BCUT2D eigenvalue weighted by atomic mass is 9.86. The highest BCUT2D eigenvalue weighted by Gasteiger charge is 2.37. The number of rotatable bonds is 6. The van der Waals surface area contributed by atoms with Crippen LogP contribution in [0.5, 0.6) is 5.88 Å². The molecule has 2 aromatic heterocycles. The number of alkyl halides is 6. The molecule has 2 heterocycles. The van der Waals surface area contributed by atoms with Crippen molar-refractivity contribution < 1.29 is 35.9 Å². The molecule has 4 nitrogen and oxygen atoms in total. The van der Waals surface area contributed by atoms with Crippen LogP contribution in [0.25, 0.3) is 0 Å². The van der Waals surface area contributed by atoms with Crippen LogP contribution >= 0.6 is 0 Å². The summed E-state index contributed by atoms with van der Waals surface area (Å²) in [7, 11) is 1.38. The van der Waals surface area contributed by atoms with Crippen molar-refractivity contribution in [1.82, 2.24) is 9.97 Å². The van der Waals surface area contributed by atoms with Crippen molar-refractivity contribution >= 4 is 5.78 Å². The van der Waals surface area contributed by atoms with Crippen molar-refractivity contribution in [3.63, 3.8) is 0 Å². The number of benzene rings is 1. The number of hydrogen-bond donors (Lipinski definition) is 0. The van der Waals surface area contributed by atoms with Gasteiger partial charge in [0, 0.05) is 36.4 Å². The summed E-state index contributed by atoms with van der Waals surface area (Å²) in [5.74, 6) is -1.54. The highest BCUT2D eigenvalue weighted by Crippen LogP contribution is 2.39. The lowest BCUT2D eigenvalue weighted by Crippen LogP contribution is -2.17. The Morgan fingerprint density at radius 2 is 1.62 bits per heavy atom. The lowest BCUT2D eigenvalue weighted by molar-refractivity contribution is -0.139. The fourth-order valence-electron chi connectivity index (χ4n) is 3.18. The molecule has 3 aromatic rings. The molecule has 0 N–H and O–H groups in total. The van der Waals surface area contributed by atoms with Crippen LogP contribution in [0.2, 0.25) is 0 Å². The molecule has 1 atom stereocenters. The first-order valence-electron chi connectivity index (χ1n) is 9.23. The molecule has 168 valence electrons. The van der Waals surface area contributed by atoms with E-state index in [0.717, 1.165) is 42.6 Å². The summed E-state index contributed by atoms with van der Waals surface area (Å²) in [5.41, 5.74) is -2.26. The minimum Gasteiger partial charge on any atom is -0.481 e. The van der Waals surface area contributed by atoms with Gasteiger partial charge in [-0.15, -0.1) is 0 Å². The fraction of sp³-hybridized carbons (Fsp3) is 0.227. The molecule has 3 rings (SSSR count). The minimum atomic E-state index is -4.77. The number of halogens is 6. The van der Waals surface area contributed by atoms with Crippen LogP contribution in [0.4, 0.5) is 26.3 Å². The normalized spacial score (nSPS) is 13.0. The Hall–Kier alpha value is -3.43. The number of carbonyl (C=O) groups is 1.